The summed E-state index contributed by atoms with van der Waals surface area (Å²) in [6.45, 7) is 0.136. The molecule has 6 heteroatoms. The fourth-order valence-electron chi connectivity index (χ4n) is 1.61. The van der Waals surface area contributed by atoms with E-state index in [9.17, 15) is 9.90 Å². The zero-order valence-corrected chi connectivity index (χ0v) is 10.5. The van der Waals surface area contributed by atoms with Crippen LogP contribution in [0.2, 0.25) is 0 Å². The third-order valence-electron chi connectivity index (χ3n) is 2.67. The predicted octanol–water partition coefficient (Wildman–Crippen LogP) is 1.17. The molecule has 0 spiro atoms. The van der Waals surface area contributed by atoms with Crippen molar-refractivity contribution in [1.82, 2.24) is 10.3 Å². The zero-order valence-electron chi connectivity index (χ0n) is 10.5. The molecule has 2 rings (SSSR count). The van der Waals surface area contributed by atoms with E-state index in [0.717, 1.165) is 0 Å². The molecule has 1 aromatic heterocycles. The summed E-state index contributed by atoms with van der Waals surface area (Å²) in [5, 5.41) is 20.9. The number of nitrogens with zero attached hydrogens (tertiary/aromatic N) is 2. The Balaban J connectivity index is 2.04. The summed E-state index contributed by atoms with van der Waals surface area (Å²) in [5.74, 6) is -0.330. The highest BCUT2D eigenvalue weighted by Gasteiger charge is 2.08. The lowest BCUT2D eigenvalue weighted by molar-refractivity contribution is 0.0946. The van der Waals surface area contributed by atoms with Crippen LogP contribution in [0.15, 0.2) is 36.5 Å². The molecule has 100 valence electrons. The second-order valence-corrected chi connectivity index (χ2v) is 4.11. The van der Waals surface area contributed by atoms with Crippen molar-refractivity contribution in [1.29, 1.82) is 5.26 Å². The van der Waals surface area contributed by atoms with Gasteiger partial charge >= 0.3 is 0 Å². The van der Waals surface area contributed by atoms with Crippen LogP contribution in [0.1, 0.15) is 21.6 Å². The van der Waals surface area contributed by atoms with Gasteiger partial charge in [0.25, 0.3) is 5.91 Å². The van der Waals surface area contributed by atoms with Crippen molar-refractivity contribution < 1.29 is 9.90 Å². The van der Waals surface area contributed by atoms with Crippen LogP contribution < -0.4 is 11.1 Å². The molecule has 0 unspecified atom stereocenters. The largest absolute Gasteiger partial charge is 0.508 e. The number of carbonyl (C=O) groups is 1. The standard InChI is InChI=1S/C14H12N4O2/c15-6-9-1-3-12(17-7-9)14(20)18-8-10-5-11(16)2-4-13(10)19/h1-5,7,19H,8,16H2,(H,18,20). The van der Waals surface area contributed by atoms with Gasteiger partial charge < -0.3 is 16.2 Å². The predicted molar refractivity (Wildman–Crippen MR) is 72.6 cm³/mol. The van der Waals surface area contributed by atoms with E-state index >= 15 is 0 Å². The van der Waals surface area contributed by atoms with Gasteiger partial charge in [-0.15, -0.1) is 0 Å². The first kappa shape index (κ1) is 13.4. The van der Waals surface area contributed by atoms with Crippen molar-refractivity contribution in [2.45, 2.75) is 6.54 Å². The second-order valence-electron chi connectivity index (χ2n) is 4.11. The molecule has 0 saturated heterocycles. The average molecular weight is 268 g/mol. The molecule has 1 aromatic carbocycles. The Hall–Kier alpha value is -3.07. The summed E-state index contributed by atoms with van der Waals surface area (Å²) in [5.41, 5.74) is 7.22. The Morgan fingerprint density at radius 1 is 1.40 bits per heavy atom. The Morgan fingerprint density at radius 3 is 2.85 bits per heavy atom. The normalized spacial score (nSPS) is 9.75. The summed E-state index contributed by atoms with van der Waals surface area (Å²) in [7, 11) is 0. The molecule has 2 aromatic rings. The summed E-state index contributed by atoms with van der Waals surface area (Å²) in [4.78, 5) is 15.7. The molecular weight excluding hydrogens is 256 g/mol. The van der Waals surface area contributed by atoms with E-state index in [1.165, 1.54) is 24.4 Å². The maximum Gasteiger partial charge on any atom is 0.270 e. The Bertz CT molecular complexity index is 675. The lowest BCUT2D eigenvalue weighted by Crippen LogP contribution is -2.23. The highest BCUT2D eigenvalue weighted by molar-refractivity contribution is 5.92. The topological polar surface area (TPSA) is 112 Å². The van der Waals surface area contributed by atoms with Crippen molar-refractivity contribution in [3.63, 3.8) is 0 Å². The summed E-state index contributed by atoms with van der Waals surface area (Å²) >= 11 is 0. The minimum atomic E-state index is -0.392. The number of carbonyl (C=O) groups excluding carboxylic acids is 1. The number of phenolic OH excluding ortho intramolecular Hbond substituents is 1. The fraction of sp³-hybridized carbons (Fsp3) is 0.0714. The SMILES string of the molecule is N#Cc1ccc(C(=O)NCc2cc(N)ccc2O)nc1. The number of anilines is 1. The molecule has 1 heterocycles. The number of nitriles is 1. The number of hydrogen-bond acceptors (Lipinski definition) is 5. The fourth-order valence-corrected chi connectivity index (χ4v) is 1.61. The summed E-state index contributed by atoms with van der Waals surface area (Å²) in [6, 6.07) is 9.53. The first-order valence-electron chi connectivity index (χ1n) is 5.82. The van der Waals surface area contributed by atoms with Crippen molar-refractivity contribution in [2.75, 3.05) is 5.73 Å². The number of benzene rings is 1. The second kappa shape index (κ2) is 5.71. The summed E-state index contributed by atoms with van der Waals surface area (Å²) < 4.78 is 0. The number of phenols is 1. The molecule has 6 nitrogen and oxygen atoms in total. The number of pyridine rings is 1. The van der Waals surface area contributed by atoms with Crippen LogP contribution in [0.4, 0.5) is 5.69 Å². The van der Waals surface area contributed by atoms with Crippen LogP contribution in [-0.2, 0) is 6.54 Å². The number of aromatic nitrogens is 1. The third kappa shape index (κ3) is 3.03. The van der Waals surface area contributed by atoms with E-state index in [0.29, 0.717) is 16.8 Å². The molecule has 1 amide bonds. The van der Waals surface area contributed by atoms with Gasteiger partial charge in [0.1, 0.15) is 17.5 Å². The Labute approximate surface area is 115 Å². The van der Waals surface area contributed by atoms with Crippen molar-refractivity contribution in [2.24, 2.45) is 0 Å². The number of amides is 1. The van der Waals surface area contributed by atoms with Gasteiger partial charge in [-0.05, 0) is 30.3 Å². The van der Waals surface area contributed by atoms with Crippen LogP contribution in [0, 0.1) is 11.3 Å². The average Bonchev–Trinajstić information content (AvgIpc) is 2.48. The van der Waals surface area contributed by atoms with Crippen LogP contribution in [0.3, 0.4) is 0 Å². The molecule has 4 N–H and O–H groups in total. The maximum atomic E-state index is 11.8. The summed E-state index contributed by atoms with van der Waals surface area (Å²) in [6.07, 6.45) is 1.33. The van der Waals surface area contributed by atoms with Gasteiger partial charge in [0.05, 0.1) is 5.56 Å². The van der Waals surface area contributed by atoms with Gasteiger partial charge in [-0.1, -0.05) is 0 Å². The van der Waals surface area contributed by atoms with E-state index < -0.39 is 5.91 Å². The maximum absolute atomic E-state index is 11.8. The van der Waals surface area contributed by atoms with Gasteiger partial charge in [-0.25, -0.2) is 4.98 Å². The highest BCUT2D eigenvalue weighted by Crippen LogP contribution is 2.19. The molecule has 0 radical (unpaired) electrons. The number of nitrogens with one attached hydrogen (secondary N) is 1. The van der Waals surface area contributed by atoms with Gasteiger partial charge in [-0.3, -0.25) is 4.79 Å². The van der Waals surface area contributed by atoms with Gasteiger partial charge in [0, 0.05) is 24.0 Å². The number of nitrogen functional groups attached to an aromatic ring is 1. The lowest BCUT2D eigenvalue weighted by Gasteiger charge is -2.07. The molecule has 0 atom stereocenters. The molecule has 0 fully saturated rings. The molecule has 0 saturated carbocycles. The first-order chi connectivity index (χ1) is 9.60. The number of nitrogens with two attached hydrogens (primary N) is 1. The van der Waals surface area contributed by atoms with E-state index in [4.69, 9.17) is 11.0 Å². The minimum absolute atomic E-state index is 0.0623. The van der Waals surface area contributed by atoms with Gasteiger partial charge in [0.15, 0.2) is 0 Å². The van der Waals surface area contributed by atoms with E-state index in [2.05, 4.69) is 10.3 Å². The van der Waals surface area contributed by atoms with Gasteiger partial charge in [-0.2, -0.15) is 5.26 Å². The number of rotatable bonds is 3. The Morgan fingerprint density at radius 2 is 2.20 bits per heavy atom. The molecular formula is C14H12N4O2. The van der Waals surface area contributed by atoms with E-state index in [1.807, 2.05) is 6.07 Å². The van der Waals surface area contributed by atoms with Crippen LogP contribution >= 0.6 is 0 Å². The molecule has 0 aliphatic heterocycles. The van der Waals surface area contributed by atoms with Crippen molar-refractivity contribution in [3.8, 4) is 11.8 Å². The molecule has 0 aliphatic carbocycles. The lowest BCUT2D eigenvalue weighted by atomic mass is 10.1. The van der Waals surface area contributed by atoms with Crippen LogP contribution in [0.5, 0.6) is 5.75 Å². The highest BCUT2D eigenvalue weighted by atomic mass is 16.3. The minimum Gasteiger partial charge on any atom is -0.508 e. The van der Waals surface area contributed by atoms with Gasteiger partial charge in [0.2, 0.25) is 0 Å². The first-order valence-corrected chi connectivity index (χ1v) is 5.82. The zero-order chi connectivity index (χ0) is 14.5. The van der Waals surface area contributed by atoms with Crippen LogP contribution in [-0.4, -0.2) is 16.0 Å². The van der Waals surface area contributed by atoms with Crippen LogP contribution in [0.25, 0.3) is 0 Å². The van der Waals surface area contributed by atoms with Crippen molar-refractivity contribution in [3.05, 3.63) is 53.3 Å². The smallest absolute Gasteiger partial charge is 0.270 e. The number of hydrogen-bond donors (Lipinski definition) is 3. The van der Waals surface area contributed by atoms with Crippen molar-refractivity contribution >= 4 is 11.6 Å². The monoisotopic (exact) mass is 268 g/mol. The Kier molecular flexibility index (Phi) is 3.82. The van der Waals surface area contributed by atoms with E-state index in [-0.39, 0.29) is 18.0 Å². The molecule has 0 aliphatic rings. The van der Waals surface area contributed by atoms with E-state index in [1.54, 1.807) is 12.1 Å². The quantitative estimate of drug-likeness (QED) is 0.571. The number of aromatic hydroxyl groups is 1. The molecule has 20 heavy (non-hydrogen) atoms. The molecule has 0 bridgehead atoms. The third-order valence-corrected chi connectivity index (χ3v) is 2.67.